The molecule has 0 aliphatic heterocycles. The molecule has 0 fully saturated rings. The zero-order chi connectivity index (χ0) is 12.2. The van der Waals surface area contributed by atoms with Gasteiger partial charge in [0, 0.05) is 6.92 Å². The lowest BCUT2D eigenvalue weighted by molar-refractivity contribution is -0.145. The molecule has 1 atom stereocenters. The molecule has 0 aromatic carbocycles. The minimum absolute atomic E-state index is 0.0437. The van der Waals surface area contributed by atoms with Crippen LogP contribution < -0.4 is 0 Å². The molecule has 0 bridgehead atoms. The van der Waals surface area contributed by atoms with Crippen LogP contribution >= 0.6 is 0 Å². The van der Waals surface area contributed by atoms with Gasteiger partial charge in [-0.3, -0.25) is 4.79 Å². The molecule has 0 unspecified atom stereocenters. The van der Waals surface area contributed by atoms with E-state index >= 15 is 0 Å². The van der Waals surface area contributed by atoms with E-state index < -0.39 is 0 Å². The molecule has 0 spiro atoms. The van der Waals surface area contributed by atoms with Crippen molar-refractivity contribution in [3.63, 3.8) is 0 Å². The number of unbranched alkanes of at least 4 members (excludes halogenated alkanes) is 4. The fraction of sp³-hybridized carbons (Fsp3) is 0.786. The Balaban J connectivity index is 3.29. The molecule has 2 heteroatoms. The summed E-state index contributed by atoms with van der Waals surface area (Å²) in [5.41, 5.74) is 0. The molecule has 0 aliphatic carbocycles. The van der Waals surface area contributed by atoms with E-state index in [9.17, 15) is 4.79 Å². The molecule has 16 heavy (non-hydrogen) atoms. The minimum Gasteiger partial charge on any atom is -0.463 e. The highest BCUT2D eigenvalue weighted by atomic mass is 16.5. The Bertz CT molecular complexity index is 197. The molecule has 0 heterocycles. The van der Waals surface area contributed by atoms with Crippen molar-refractivity contribution in [3.05, 3.63) is 12.2 Å². The second kappa shape index (κ2) is 10.7. The molecule has 0 saturated heterocycles. The van der Waals surface area contributed by atoms with E-state index in [-0.39, 0.29) is 12.1 Å². The maximum Gasteiger partial charge on any atom is 0.302 e. The van der Waals surface area contributed by atoms with Crippen molar-refractivity contribution >= 4 is 5.97 Å². The molecule has 0 amide bonds. The lowest BCUT2D eigenvalue weighted by Gasteiger charge is -2.09. The van der Waals surface area contributed by atoms with Gasteiger partial charge in [-0.2, -0.15) is 0 Å². The lowest BCUT2D eigenvalue weighted by Crippen LogP contribution is -2.11. The fourth-order valence-corrected chi connectivity index (χ4v) is 1.60. The molecule has 0 aromatic heterocycles. The Morgan fingerprint density at radius 1 is 1.19 bits per heavy atom. The van der Waals surface area contributed by atoms with Crippen LogP contribution in [-0.4, -0.2) is 12.1 Å². The monoisotopic (exact) mass is 226 g/mol. The predicted molar refractivity (Wildman–Crippen MR) is 68.4 cm³/mol. The number of allylic oxidation sites excluding steroid dienone is 2. The van der Waals surface area contributed by atoms with E-state index in [1.165, 1.54) is 39.0 Å². The Labute approximate surface area is 100 Å². The van der Waals surface area contributed by atoms with Gasteiger partial charge in [0.05, 0.1) is 6.10 Å². The number of carbonyl (C=O) groups is 1. The SMILES string of the molecule is CCCCCC/C=C/CC[C@@H](C)OC(C)=O. The van der Waals surface area contributed by atoms with Crippen molar-refractivity contribution in [1.82, 2.24) is 0 Å². The Kier molecular flexibility index (Phi) is 10.2. The summed E-state index contributed by atoms with van der Waals surface area (Å²) in [4.78, 5) is 10.6. The van der Waals surface area contributed by atoms with Gasteiger partial charge in [0.25, 0.3) is 0 Å². The molecule has 94 valence electrons. The topological polar surface area (TPSA) is 26.3 Å². The zero-order valence-electron chi connectivity index (χ0n) is 11.0. The number of hydrogen-bond acceptors (Lipinski definition) is 2. The van der Waals surface area contributed by atoms with Crippen LogP contribution in [0.1, 0.15) is 65.7 Å². The van der Waals surface area contributed by atoms with Crippen molar-refractivity contribution in [2.45, 2.75) is 71.8 Å². The first-order valence-electron chi connectivity index (χ1n) is 6.49. The number of ether oxygens (including phenoxy) is 1. The van der Waals surface area contributed by atoms with Gasteiger partial charge in [0.2, 0.25) is 0 Å². The van der Waals surface area contributed by atoms with Crippen molar-refractivity contribution in [2.75, 3.05) is 0 Å². The van der Waals surface area contributed by atoms with Crippen LogP contribution in [-0.2, 0) is 9.53 Å². The third kappa shape index (κ3) is 11.3. The summed E-state index contributed by atoms with van der Waals surface area (Å²) in [7, 11) is 0. The van der Waals surface area contributed by atoms with E-state index in [0.717, 1.165) is 12.8 Å². The van der Waals surface area contributed by atoms with E-state index in [0.29, 0.717) is 0 Å². The molecule has 2 nitrogen and oxygen atoms in total. The Hall–Kier alpha value is -0.790. The highest BCUT2D eigenvalue weighted by Crippen LogP contribution is 2.06. The zero-order valence-corrected chi connectivity index (χ0v) is 11.0. The number of carbonyl (C=O) groups excluding carboxylic acids is 1. The maximum absolute atomic E-state index is 10.6. The number of hydrogen-bond donors (Lipinski definition) is 0. The van der Waals surface area contributed by atoms with Crippen LogP contribution in [0, 0.1) is 0 Å². The summed E-state index contributed by atoms with van der Waals surface area (Å²) in [6.45, 7) is 5.63. The molecule has 0 aliphatic rings. The van der Waals surface area contributed by atoms with Crippen LogP contribution in [0.2, 0.25) is 0 Å². The van der Waals surface area contributed by atoms with E-state index in [1.807, 2.05) is 6.92 Å². The Morgan fingerprint density at radius 3 is 2.50 bits per heavy atom. The largest absolute Gasteiger partial charge is 0.463 e. The van der Waals surface area contributed by atoms with Crippen molar-refractivity contribution in [2.24, 2.45) is 0 Å². The van der Waals surface area contributed by atoms with Gasteiger partial charge in [-0.15, -0.1) is 0 Å². The van der Waals surface area contributed by atoms with E-state index in [2.05, 4.69) is 19.1 Å². The highest BCUT2D eigenvalue weighted by Gasteiger charge is 2.02. The molecule has 0 aromatic rings. The van der Waals surface area contributed by atoms with Crippen LogP contribution in [0.3, 0.4) is 0 Å². The van der Waals surface area contributed by atoms with Gasteiger partial charge >= 0.3 is 5.97 Å². The van der Waals surface area contributed by atoms with Crippen LogP contribution in [0.4, 0.5) is 0 Å². The molecule has 0 rings (SSSR count). The Morgan fingerprint density at radius 2 is 1.88 bits per heavy atom. The first-order valence-corrected chi connectivity index (χ1v) is 6.49. The van der Waals surface area contributed by atoms with Gasteiger partial charge in [0.15, 0.2) is 0 Å². The molecule has 0 radical (unpaired) electrons. The van der Waals surface area contributed by atoms with Gasteiger partial charge in [-0.25, -0.2) is 0 Å². The van der Waals surface area contributed by atoms with Crippen molar-refractivity contribution in [3.8, 4) is 0 Å². The lowest BCUT2D eigenvalue weighted by atomic mass is 10.1. The van der Waals surface area contributed by atoms with E-state index in [1.54, 1.807) is 0 Å². The normalized spacial score (nSPS) is 12.9. The molecular weight excluding hydrogens is 200 g/mol. The second-order valence-electron chi connectivity index (χ2n) is 4.32. The van der Waals surface area contributed by atoms with Crippen molar-refractivity contribution in [1.29, 1.82) is 0 Å². The predicted octanol–water partition coefficient (Wildman–Crippen LogP) is 4.24. The summed E-state index contributed by atoms with van der Waals surface area (Å²) < 4.78 is 5.04. The summed E-state index contributed by atoms with van der Waals surface area (Å²) in [5.74, 6) is -0.184. The summed E-state index contributed by atoms with van der Waals surface area (Å²) in [6, 6.07) is 0. The number of esters is 1. The standard InChI is InChI=1S/C14H26O2/c1-4-5-6-7-8-9-10-11-12-13(2)16-14(3)15/h9-10,13H,4-8,11-12H2,1-3H3/b10-9+/t13-/m1/s1. The van der Waals surface area contributed by atoms with Gasteiger partial charge in [-0.05, 0) is 32.6 Å². The third-order valence-electron chi connectivity index (χ3n) is 2.50. The van der Waals surface area contributed by atoms with Gasteiger partial charge < -0.3 is 4.74 Å². The summed E-state index contributed by atoms with van der Waals surface area (Å²) >= 11 is 0. The van der Waals surface area contributed by atoms with Crippen LogP contribution in [0.5, 0.6) is 0 Å². The summed E-state index contributed by atoms with van der Waals surface area (Å²) in [5, 5.41) is 0. The maximum atomic E-state index is 10.6. The van der Waals surface area contributed by atoms with Crippen LogP contribution in [0.25, 0.3) is 0 Å². The van der Waals surface area contributed by atoms with Gasteiger partial charge in [-0.1, -0.05) is 38.3 Å². The van der Waals surface area contributed by atoms with Crippen LogP contribution in [0.15, 0.2) is 12.2 Å². The molecular formula is C14H26O2. The average Bonchev–Trinajstić information content (AvgIpc) is 2.21. The molecule has 0 saturated carbocycles. The first kappa shape index (κ1) is 15.2. The minimum atomic E-state index is -0.184. The van der Waals surface area contributed by atoms with E-state index in [4.69, 9.17) is 4.74 Å². The first-order chi connectivity index (χ1) is 7.66. The van der Waals surface area contributed by atoms with Crippen molar-refractivity contribution < 1.29 is 9.53 Å². The average molecular weight is 226 g/mol. The summed E-state index contributed by atoms with van der Waals surface area (Å²) in [6.07, 6.45) is 12.9. The number of rotatable bonds is 9. The second-order valence-corrected chi connectivity index (χ2v) is 4.32. The highest BCUT2D eigenvalue weighted by molar-refractivity contribution is 5.66. The smallest absolute Gasteiger partial charge is 0.302 e. The quantitative estimate of drug-likeness (QED) is 0.334. The fourth-order valence-electron chi connectivity index (χ4n) is 1.60. The third-order valence-corrected chi connectivity index (χ3v) is 2.50. The molecule has 0 N–H and O–H groups in total. The van der Waals surface area contributed by atoms with Gasteiger partial charge in [0.1, 0.15) is 0 Å².